The van der Waals surface area contributed by atoms with E-state index >= 15 is 0 Å². The SMILES string of the molecule is CC(C)(C#N)C(N)c1ccc2c(c1)OCCCO2. The highest BCUT2D eigenvalue weighted by Gasteiger charge is 2.28. The van der Waals surface area contributed by atoms with Crippen molar-refractivity contribution in [1.29, 1.82) is 5.26 Å². The summed E-state index contributed by atoms with van der Waals surface area (Å²) in [6.45, 7) is 4.98. The Morgan fingerprint density at radius 3 is 2.61 bits per heavy atom. The molecule has 96 valence electrons. The van der Waals surface area contributed by atoms with E-state index in [0.29, 0.717) is 19.0 Å². The molecule has 4 heteroatoms. The molecule has 1 aliphatic rings. The Bertz CT molecular complexity index is 477. The molecular weight excluding hydrogens is 228 g/mol. The number of nitrogens with two attached hydrogens (primary N) is 1. The minimum atomic E-state index is -0.611. The molecule has 1 unspecified atom stereocenters. The number of benzene rings is 1. The van der Waals surface area contributed by atoms with Crippen molar-refractivity contribution < 1.29 is 9.47 Å². The van der Waals surface area contributed by atoms with Crippen molar-refractivity contribution in [2.24, 2.45) is 11.1 Å². The van der Waals surface area contributed by atoms with E-state index in [1.807, 2.05) is 32.0 Å². The van der Waals surface area contributed by atoms with Crippen LogP contribution in [-0.2, 0) is 0 Å². The molecule has 0 bridgehead atoms. The summed E-state index contributed by atoms with van der Waals surface area (Å²) >= 11 is 0. The third kappa shape index (κ3) is 2.41. The first-order chi connectivity index (χ1) is 8.54. The van der Waals surface area contributed by atoms with E-state index in [1.165, 1.54) is 0 Å². The van der Waals surface area contributed by atoms with Gasteiger partial charge in [-0.15, -0.1) is 0 Å². The molecule has 0 aliphatic carbocycles. The maximum Gasteiger partial charge on any atom is 0.161 e. The summed E-state index contributed by atoms with van der Waals surface area (Å²) in [7, 11) is 0. The predicted molar refractivity (Wildman–Crippen MR) is 68.4 cm³/mol. The van der Waals surface area contributed by atoms with Gasteiger partial charge in [-0.3, -0.25) is 0 Å². The zero-order valence-electron chi connectivity index (χ0n) is 10.8. The van der Waals surface area contributed by atoms with Crippen LogP contribution >= 0.6 is 0 Å². The van der Waals surface area contributed by atoms with Gasteiger partial charge in [0.25, 0.3) is 0 Å². The number of nitriles is 1. The number of ether oxygens (including phenoxy) is 2. The monoisotopic (exact) mass is 246 g/mol. The number of hydrogen-bond acceptors (Lipinski definition) is 4. The van der Waals surface area contributed by atoms with Gasteiger partial charge in [0.2, 0.25) is 0 Å². The second-order valence-corrected chi connectivity index (χ2v) is 5.07. The molecule has 18 heavy (non-hydrogen) atoms. The minimum Gasteiger partial charge on any atom is -0.490 e. The lowest BCUT2D eigenvalue weighted by Crippen LogP contribution is -2.27. The van der Waals surface area contributed by atoms with Crippen LogP contribution in [0, 0.1) is 16.7 Å². The van der Waals surface area contributed by atoms with E-state index in [4.69, 9.17) is 20.5 Å². The zero-order valence-corrected chi connectivity index (χ0v) is 10.8. The molecule has 1 aromatic rings. The van der Waals surface area contributed by atoms with Gasteiger partial charge >= 0.3 is 0 Å². The second kappa shape index (κ2) is 4.87. The molecule has 1 aromatic carbocycles. The molecule has 1 heterocycles. The summed E-state index contributed by atoms with van der Waals surface area (Å²) < 4.78 is 11.2. The normalized spacial score (nSPS) is 16.6. The fourth-order valence-corrected chi connectivity index (χ4v) is 1.86. The van der Waals surface area contributed by atoms with Crippen molar-refractivity contribution in [3.63, 3.8) is 0 Å². The van der Waals surface area contributed by atoms with Crippen molar-refractivity contribution >= 4 is 0 Å². The Balaban J connectivity index is 2.31. The lowest BCUT2D eigenvalue weighted by molar-refractivity contribution is 0.296. The van der Waals surface area contributed by atoms with Crippen LogP contribution in [0.4, 0.5) is 0 Å². The number of nitrogens with zero attached hydrogens (tertiary/aromatic N) is 1. The molecule has 0 saturated carbocycles. The quantitative estimate of drug-likeness (QED) is 0.870. The van der Waals surface area contributed by atoms with Gasteiger partial charge in [-0.25, -0.2) is 0 Å². The summed E-state index contributed by atoms with van der Waals surface area (Å²) in [5.41, 5.74) is 6.42. The fourth-order valence-electron chi connectivity index (χ4n) is 1.86. The molecule has 0 radical (unpaired) electrons. The van der Waals surface area contributed by atoms with E-state index < -0.39 is 5.41 Å². The first-order valence-electron chi connectivity index (χ1n) is 6.11. The topological polar surface area (TPSA) is 68.3 Å². The van der Waals surface area contributed by atoms with Gasteiger partial charge in [-0.05, 0) is 31.5 Å². The summed E-state index contributed by atoms with van der Waals surface area (Å²) in [6, 6.07) is 7.53. The largest absolute Gasteiger partial charge is 0.490 e. The van der Waals surface area contributed by atoms with Crippen molar-refractivity contribution in [3.8, 4) is 17.6 Å². The van der Waals surface area contributed by atoms with Crippen molar-refractivity contribution in [1.82, 2.24) is 0 Å². The van der Waals surface area contributed by atoms with E-state index in [0.717, 1.165) is 17.7 Å². The molecule has 0 fully saturated rings. The summed E-state index contributed by atoms with van der Waals surface area (Å²) in [6.07, 6.45) is 0.875. The number of rotatable bonds is 2. The Morgan fingerprint density at radius 1 is 1.28 bits per heavy atom. The summed E-state index contributed by atoms with van der Waals surface area (Å²) in [5, 5.41) is 9.12. The van der Waals surface area contributed by atoms with Gasteiger partial charge in [0.15, 0.2) is 11.5 Å². The van der Waals surface area contributed by atoms with E-state index in [1.54, 1.807) is 0 Å². The zero-order chi connectivity index (χ0) is 13.2. The van der Waals surface area contributed by atoms with Gasteiger partial charge < -0.3 is 15.2 Å². The van der Waals surface area contributed by atoms with Crippen LogP contribution in [0.15, 0.2) is 18.2 Å². The third-order valence-electron chi connectivity index (χ3n) is 3.20. The van der Waals surface area contributed by atoms with Crippen molar-refractivity contribution in [3.05, 3.63) is 23.8 Å². The second-order valence-electron chi connectivity index (χ2n) is 5.07. The standard InChI is InChI=1S/C14H18N2O2/c1-14(2,9-15)13(16)10-4-5-11-12(8-10)18-7-3-6-17-11/h4-5,8,13H,3,6-7,16H2,1-2H3. The summed E-state index contributed by atoms with van der Waals surface area (Å²) in [4.78, 5) is 0. The van der Waals surface area contributed by atoms with Gasteiger partial charge in [0.05, 0.1) is 24.7 Å². The number of hydrogen-bond donors (Lipinski definition) is 1. The molecule has 4 nitrogen and oxygen atoms in total. The molecule has 0 saturated heterocycles. The Morgan fingerprint density at radius 2 is 1.94 bits per heavy atom. The highest BCUT2D eigenvalue weighted by Crippen LogP contribution is 2.36. The molecule has 0 aromatic heterocycles. The van der Waals surface area contributed by atoms with Gasteiger partial charge in [0, 0.05) is 12.5 Å². The maximum atomic E-state index is 9.12. The first kappa shape index (κ1) is 12.7. The molecule has 1 aliphatic heterocycles. The van der Waals surface area contributed by atoms with Crippen LogP contribution in [0.2, 0.25) is 0 Å². The maximum absolute atomic E-state index is 9.12. The van der Waals surface area contributed by atoms with E-state index in [2.05, 4.69) is 6.07 Å². The van der Waals surface area contributed by atoms with Gasteiger partial charge in [0.1, 0.15) is 0 Å². The van der Waals surface area contributed by atoms with Crippen LogP contribution < -0.4 is 15.2 Å². The van der Waals surface area contributed by atoms with Crippen LogP contribution in [0.25, 0.3) is 0 Å². The van der Waals surface area contributed by atoms with Crippen LogP contribution in [0.1, 0.15) is 31.9 Å². The Kier molecular flexibility index (Phi) is 3.44. The first-order valence-corrected chi connectivity index (χ1v) is 6.11. The van der Waals surface area contributed by atoms with Gasteiger partial charge in [-0.1, -0.05) is 6.07 Å². The molecule has 2 rings (SSSR count). The Hall–Kier alpha value is -1.73. The summed E-state index contributed by atoms with van der Waals surface area (Å²) in [5.74, 6) is 1.47. The molecule has 2 N–H and O–H groups in total. The van der Waals surface area contributed by atoms with Crippen LogP contribution in [-0.4, -0.2) is 13.2 Å². The van der Waals surface area contributed by atoms with Crippen molar-refractivity contribution in [2.45, 2.75) is 26.3 Å². The van der Waals surface area contributed by atoms with E-state index in [9.17, 15) is 0 Å². The highest BCUT2D eigenvalue weighted by molar-refractivity contribution is 5.44. The minimum absolute atomic E-state index is 0.348. The van der Waals surface area contributed by atoms with Crippen LogP contribution in [0.5, 0.6) is 11.5 Å². The molecular formula is C14H18N2O2. The molecule has 0 amide bonds. The van der Waals surface area contributed by atoms with E-state index in [-0.39, 0.29) is 6.04 Å². The highest BCUT2D eigenvalue weighted by atomic mass is 16.5. The number of fused-ring (bicyclic) bond motifs is 1. The molecule has 0 spiro atoms. The molecule has 1 atom stereocenters. The average molecular weight is 246 g/mol. The Labute approximate surface area is 107 Å². The fraction of sp³-hybridized carbons (Fsp3) is 0.500. The van der Waals surface area contributed by atoms with Gasteiger partial charge in [-0.2, -0.15) is 5.26 Å². The predicted octanol–water partition coefficient (Wildman–Crippen LogP) is 2.40. The lowest BCUT2D eigenvalue weighted by atomic mass is 9.82. The lowest BCUT2D eigenvalue weighted by Gasteiger charge is -2.25. The van der Waals surface area contributed by atoms with Crippen LogP contribution in [0.3, 0.4) is 0 Å². The smallest absolute Gasteiger partial charge is 0.161 e. The third-order valence-corrected chi connectivity index (χ3v) is 3.20. The average Bonchev–Trinajstić information content (AvgIpc) is 2.62. The van der Waals surface area contributed by atoms with Crippen molar-refractivity contribution in [2.75, 3.05) is 13.2 Å².